The summed E-state index contributed by atoms with van der Waals surface area (Å²) < 4.78 is 2.03. The van der Waals surface area contributed by atoms with Gasteiger partial charge in [-0.25, -0.2) is 0 Å². The van der Waals surface area contributed by atoms with Gasteiger partial charge in [0.05, 0.1) is 10.9 Å². The summed E-state index contributed by atoms with van der Waals surface area (Å²) in [6.07, 6.45) is 5.86. The maximum Gasteiger partial charge on any atom is 0.262 e. The Balaban J connectivity index is 1.43. The summed E-state index contributed by atoms with van der Waals surface area (Å²) in [5.41, 5.74) is 0.683. The topological polar surface area (TPSA) is 92.7 Å². The fourth-order valence-electron chi connectivity index (χ4n) is 3.05. The van der Waals surface area contributed by atoms with E-state index in [2.05, 4.69) is 27.4 Å². The summed E-state index contributed by atoms with van der Waals surface area (Å²) in [4.78, 5) is 27.8. The predicted molar refractivity (Wildman–Crippen MR) is 119 cm³/mol. The molecule has 0 spiro atoms. The zero-order valence-electron chi connectivity index (χ0n) is 16.4. The number of nitrogens with zero attached hydrogens (tertiary/aromatic N) is 3. The molecule has 154 valence electrons. The fourth-order valence-corrected chi connectivity index (χ4v) is 4.13. The Morgan fingerprint density at radius 1 is 1.21 bits per heavy atom. The first-order chi connectivity index (χ1) is 14.1. The third-order valence-electron chi connectivity index (χ3n) is 4.63. The van der Waals surface area contributed by atoms with Crippen LogP contribution in [0.4, 0.5) is 5.13 Å². The minimum absolute atomic E-state index is 0.0524. The van der Waals surface area contributed by atoms with Crippen molar-refractivity contribution >= 4 is 45.5 Å². The number of nitrogens with one attached hydrogen (secondary N) is 2. The van der Waals surface area contributed by atoms with Crippen molar-refractivity contribution in [3.63, 3.8) is 0 Å². The largest absolute Gasteiger partial charge is 0.332 e. The SMILES string of the molecule is CCCCc1nnc(NC(=O)CCCCCn2c(=S)[nH]c3ccccc3c2=O)s1. The molecule has 0 unspecified atom stereocenters. The molecule has 0 bridgehead atoms. The highest BCUT2D eigenvalue weighted by molar-refractivity contribution is 7.71. The van der Waals surface area contributed by atoms with Crippen LogP contribution in [0.2, 0.25) is 0 Å². The van der Waals surface area contributed by atoms with Crippen molar-refractivity contribution in [3.05, 3.63) is 44.4 Å². The summed E-state index contributed by atoms with van der Waals surface area (Å²) in [6.45, 7) is 2.67. The summed E-state index contributed by atoms with van der Waals surface area (Å²) >= 11 is 6.76. The van der Waals surface area contributed by atoms with Crippen molar-refractivity contribution in [1.82, 2.24) is 19.7 Å². The molecule has 2 heterocycles. The second-order valence-corrected chi connectivity index (χ2v) is 8.34. The number of carbonyl (C=O) groups is 1. The van der Waals surface area contributed by atoms with Crippen LogP contribution in [0.3, 0.4) is 0 Å². The van der Waals surface area contributed by atoms with Crippen molar-refractivity contribution in [2.45, 2.75) is 58.4 Å². The summed E-state index contributed by atoms with van der Waals surface area (Å²) in [7, 11) is 0. The van der Waals surface area contributed by atoms with Crippen molar-refractivity contribution in [3.8, 4) is 0 Å². The average molecular weight is 432 g/mol. The van der Waals surface area contributed by atoms with E-state index in [1.54, 1.807) is 10.6 Å². The van der Waals surface area contributed by atoms with Crippen LogP contribution in [0.25, 0.3) is 10.9 Å². The van der Waals surface area contributed by atoms with Gasteiger partial charge in [-0.1, -0.05) is 43.2 Å². The van der Waals surface area contributed by atoms with Gasteiger partial charge in [-0.15, -0.1) is 10.2 Å². The molecular formula is C20H25N5O2S2. The smallest absolute Gasteiger partial charge is 0.262 e. The molecule has 29 heavy (non-hydrogen) atoms. The second-order valence-electron chi connectivity index (χ2n) is 6.90. The number of hydrogen-bond acceptors (Lipinski definition) is 6. The lowest BCUT2D eigenvalue weighted by molar-refractivity contribution is -0.116. The molecule has 0 aliphatic rings. The molecule has 3 rings (SSSR count). The molecule has 9 heteroatoms. The Labute approximate surface area is 178 Å². The van der Waals surface area contributed by atoms with Crippen LogP contribution in [0.15, 0.2) is 29.1 Å². The number of carbonyl (C=O) groups excluding carboxylic acids is 1. The number of benzene rings is 1. The molecule has 0 aliphatic carbocycles. The number of aromatic nitrogens is 4. The zero-order valence-corrected chi connectivity index (χ0v) is 18.1. The molecule has 7 nitrogen and oxygen atoms in total. The third-order valence-corrected chi connectivity index (χ3v) is 5.85. The minimum Gasteiger partial charge on any atom is -0.332 e. The van der Waals surface area contributed by atoms with Crippen LogP contribution in [0.5, 0.6) is 0 Å². The van der Waals surface area contributed by atoms with Crippen LogP contribution in [0, 0.1) is 4.77 Å². The first-order valence-electron chi connectivity index (χ1n) is 9.92. The van der Waals surface area contributed by atoms with E-state index in [-0.39, 0.29) is 11.5 Å². The van der Waals surface area contributed by atoms with Gasteiger partial charge >= 0.3 is 0 Å². The van der Waals surface area contributed by atoms with Crippen LogP contribution in [0.1, 0.15) is 50.5 Å². The number of H-pyrrole nitrogens is 1. The number of fused-ring (bicyclic) bond motifs is 1. The van der Waals surface area contributed by atoms with Crippen molar-refractivity contribution in [2.24, 2.45) is 0 Å². The Bertz CT molecular complexity index is 1090. The van der Waals surface area contributed by atoms with Crippen LogP contribution in [-0.2, 0) is 17.8 Å². The number of anilines is 1. The van der Waals surface area contributed by atoms with Gasteiger partial charge in [0, 0.05) is 19.4 Å². The van der Waals surface area contributed by atoms with Crippen LogP contribution < -0.4 is 10.9 Å². The van der Waals surface area contributed by atoms with Gasteiger partial charge in [-0.05, 0) is 43.6 Å². The maximum absolute atomic E-state index is 12.6. The summed E-state index contributed by atoms with van der Waals surface area (Å²) in [5.74, 6) is -0.0524. The molecule has 0 saturated carbocycles. The lowest BCUT2D eigenvalue weighted by Crippen LogP contribution is -2.22. The number of amides is 1. The Kier molecular flexibility index (Phi) is 7.65. The molecular weight excluding hydrogens is 406 g/mol. The quantitative estimate of drug-likeness (QED) is 0.365. The molecule has 0 atom stereocenters. The Morgan fingerprint density at radius 2 is 2.03 bits per heavy atom. The monoisotopic (exact) mass is 431 g/mol. The third kappa shape index (κ3) is 5.80. The number of hydrogen-bond donors (Lipinski definition) is 2. The van der Waals surface area contributed by atoms with Gasteiger partial charge in [0.1, 0.15) is 5.01 Å². The lowest BCUT2D eigenvalue weighted by Gasteiger charge is -2.08. The second kappa shape index (κ2) is 10.4. The van der Waals surface area contributed by atoms with E-state index < -0.39 is 0 Å². The molecule has 0 fully saturated rings. The van der Waals surface area contributed by atoms with E-state index in [9.17, 15) is 9.59 Å². The summed E-state index contributed by atoms with van der Waals surface area (Å²) in [6, 6.07) is 7.36. The predicted octanol–water partition coefficient (Wildman–Crippen LogP) is 4.45. The normalized spacial score (nSPS) is 11.1. The number of para-hydroxylation sites is 1. The lowest BCUT2D eigenvalue weighted by atomic mass is 10.2. The fraction of sp³-hybridized carbons (Fsp3) is 0.450. The number of aryl methyl sites for hydroxylation is 1. The van der Waals surface area contributed by atoms with Gasteiger partial charge < -0.3 is 10.3 Å². The molecule has 0 saturated heterocycles. The van der Waals surface area contributed by atoms with Gasteiger partial charge in [0.2, 0.25) is 11.0 Å². The standard InChI is InChI=1S/C20H25N5O2S2/c1-2-3-12-17-23-24-19(29-17)22-16(26)11-5-4-8-13-25-18(27)14-9-6-7-10-15(14)21-20(25)28/h6-7,9-10H,2-5,8,11-13H2,1H3,(H,21,28)(H,22,24,26). The highest BCUT2D eigenvalue weighted by Gasteiger charge is 2.09. The van der Waals surface area contributed by atoms with Crippen molar-refractivity contribution in [2.75, 3.05) is 5.32 Å². The van der Waals surface area contributed by atoms with Crippen LogP contribution >= 0.6 is 23.6 Å². The first kappa shape index (κ1) is 21.3. The van der Waals surface area contributed by atoms with E-state index in [0.29, 0.717) is 28.3 Å². The molecule has 0 radical (unpaired) electrons. The maximum atomic E-state index is 12.6. The Morgan fingerprint density at radius 3 is 2.86 bits per heavy atom. The Hall–Kier alpha value is -2.39. The highest BCUT2D eigenvalue weighted by atomic mass is 32.1. The molecule has 1 aromatic carbocycles. The van der Waals surface area contributed by atoms with Crippen LogP contribution in [-0.4, -0.2) is 25.7 Å². The van der Waals surface area contributed by atoms with E-state index in [0.717, 1.165) is 49.0 Å². The zero-order chi connectivity index (χ0) is 20.6. The number of aromatic amines is 1. The minimum atomic E-state index is -0.0720. The molecule has 0 aliphatic heterocycles. The number of rotatable bonds is 10. The molecule has 1 amide bonds. The van der Waals surface area contributed by atoms with E-state index in [1.807, 2.05) is 18.2 Å². The van der Waals surface area contributed by atoms with E-state index in [4.69, 9.17) is 12.2 Å². The molecule has 3 aromatic rings. The van der Waals surface area contributed by atoms with Gasteiger partial charge in [0.15, 0.2) is 4.77 Å². The summed E-state index contributed by atoms with van der Waals surface area (Å²) in [5, 5.41) is 13.1. The van der Waals surface area contributed by atoms with Gasteiger partial charge in [0.25, 0.3) is 5.56 Å². The van der Waals surface area contributed by atoms with E-state index in [1.165, 1.54) is 11.3 Å². The van der Waals surface area contributed by atoms with Crippen molar-refractivity contribution in [1.29, 1.82) is 0 Å². The highest BCUT2D eigenvalue weighted by Crippen LogP contribution is 2.17. The molecule has 2 aromatic heterocycles. The molecule has 2 N–H and O–H groups in total. The van der Waals surface area contributed by atoms with Crippen molar-refractivity contribution < 1.29 is 4.79 Å². The first-order valence-corrected chi connectivity index (χ1v) is 11.1. The van der Waals surface area contributed by atoms with Gasteiger partial charge in [-0.2, -0.15) is 0 Å². The number of unbranched alkanes of at least 4 members (excludes halogenated alkanes) is 3. The van der Waals surface area contributed by atoms with E-state index >= 15 is 0 Å². The van der Waals surface area contributed by atoms with Gasteiger partial charge in [-0.3, -0.25) is 14.2 Å². The average Bonchev–Trinajstić information content (AvgIpc) is 3.15.